The quantitative estimate of drug-likeness (QED) is 0.655. The zero-order valence-corrected chi connectivity index (χ0v) is 17.5. The van der Waals surface area contributed by atoms with Crippen molar-refractivity contribution in [2.24, 2.45) is 0 Å². The Hall–Kier alpha value is -3.61. The molecule has 1 aliphatic rings. The number of ether oxygens (including phenoxy) is 2. The van der Waals surface area contributed by atoms with E-state index in [0.29, 0.717) is 24.1 Å². The van der Waals surface area contributed by atoms with Gasteiger partial charge in [-0.2, -0.15) is 0 Å². The number of amides is 1. The minimum atomic E-state index is -0.594. The summed E-state index contributed by atoms with van der Waals surface area (Å²) in [5, 5.41) is 1.06. The topological polar surface area (TPSA) is 88.7 Å². The Morgan fingerprint density at radius 3 is 2.48 bits per heavy atom. The first-order valence-electron chi connectivity index (χ1n) is 10.3. The monoisotopic (exact) mass is 420 g/mol. The van der Waals surface area contributed by atoms with Crippen molar-refractivity contribution >= 4 is 28.7 Å². The number of aromatic nitrogens is 1. The van der Waals surface area contributed by atoms with Crippen LogP contribution in [0.25, 0.3) is 10.9 Å². The fourth-order valence-electron chi connectivity index (χ4n) is 4.11. The first-order valence-corrected chi connectivity index (χ1v) is 10.3. The number of methoxy groups -OCH3 is 1. The highest BCUT2D eigenvalue weighted by Crippen LogP contribution is 2.32. The number of carbonyl (C=O) groups is 3. The summed E-state index contributed by atoms with van der Waals surface area (Å²) < 4.78 is 10.0. The lowest BCUT2D eigenvalue weighted by Crippen LogP contribution is -2.37. The normalized spacial score (nSPS) is 15.8. The molecule has 2 heterocycles. The predicted molar refractivity (Wildman–Crippen MR) is 115 cm³/mol. The lowest BCUT2D eigenvalue weighted by Gasteiger charge is -2.24. The van der Waals surface area contributed by atoms with Crippen molar-refractivity contribution in [3.63, 3.8) is 0 Å². The molecule has 0 fully saturated rings. The molecule has 0 radical (unpaired) electrons. The van der Waals surface area contributed by atoms with Gasteiger partial charge in [0.15, 0.2) is 0 Å². The van der Waals surface area contributed by atoms with E-state index in [-0.39, 0.29) is 25.0 Å². The van der Waals surface area contributed by atoms with E-state index in [9.17, 15) is 14.4 Å². The zero-order chi connectivity index (χ0) is 22.0. The highest BCUT2D eigenvalue weighted by atomic mass is 16.5. The summed E-state index contributed by atoms with van der Waals surface area (Å²) in [6.45, 7) is 2.74. The molecule has 0 aliphatic carbocycles. The lowest BCUT2D eigenvalue weighted by molar-refractivity contribution is -0.145. The van der Waals surface area contributed by atoms with Gasteiger partial charge in [-0.1, -0.05) is 18.2 Å². The molecule has 1 amide bonds. The van der Waals surface area contributed by atoms with Crippen LogP contribution in [0.4, 0.5) is 0 Å². The Bertz CT molecular complexity index is 1130. The van der Waals surface area contributed by atoms with Crippen molar-refractivity contribution in [1.82, 2.24) is 9.88 Å². The minimum Gasteiger partial charge on any atom is -0.465 e. The Morgan fingerprint density at radius 2 is 1.77 bits per heavy atom. The molecule has 2 aromatic carbocycles. The van der Waals surface area contributed by atoms with E-state index >= 15 is 0 Å². The van der Waals surface area contributed by atoms with Gasteiger partial charge in [0, 0.05) is 35.2 Å². The summed E-state index contributed by atoms with van der Waals surface area (Å²) >= 11 is 0. The van der Waals surface area contributed by atoms with E-state index in [1.165, 1.54) is 7.11 Å². The summed E-state index contributed by atoms with van der Waals surface area (Å²) in [6.07, 6.45) is 0.626. The summed E-state index contributed by atoms with van der Waals surface area (Å²) in [5.74, 6) is -1.60. The van der Waals surface area contributed by atoms with E-state index in [4.69, 9.17) is 9.47 Å². The van der Waals surface area contributed by atoms with Gasteiger partial charge in [-0.15, -0.1) is 0 Å². The molecule has 0 saturated heterocycles. The SMILES string of the molecule is CCOC(=O)C1CN(C(=O)c2ccc(C(=O)OC)cc2)CCc2c1[nH]c1ccccc21. The Labute approximate surface area is 179 Å². The number of carbonyl (C=O) groups excluding carboxylic acids is 3. The smallest absolute Gasteiger partial charge is 0.337 e. The van der Waals surface area contributed by atoms with Crippen molar-refractivity contribution < 1.29 is 23.9 Å². The van der Waals surface area contributed by atoms with Crippen LogP contribution in [0.15, 0.2) is 48.5 Å². The summed E-state index contributed by atoms with van der Waals surface area (Å²) in [6, 6.07) is 14.3. The van der Waals surface area contributed by atoms with Gasteiger partial charge in [-0.25, -0.2) is 4.79 Å². The summed E-state index contributed by atoms with van der Waals surface area (Å²) in [4.78, 5) is 42.7. The number of H-pyrrole nitrogens is 1. The molecule has 1 N–H and O–H groups in total. The van der Waals surface area contributed by atoms with E-state index in [1.54, 1.807) is 36.1 Å². The van der Waals surface area contributed by atoms with Crippen LogP contribution < -0.4 is 0 Å². The van der Waals surface area contributed by atoms with Gasteiger partial charge in [-0.3, -0.25) is 9.59 Å². The molecule has 1 aromatic heterocycles. The Balaban J connectivity index is 1.65. The maximum absolute atomic E-state index is 13.2. The Morgan fingerprint density at radius 1 is 1.06 bits per heavy atom. The minimum absolute atomic E-state index is 0.194. The average Bonchev–Trinajstić information content (AvgIpc) is 3.05. The highest BCUT2D eigenvalue weighted by Gasteiger charge is 2.34. The van der Waals surface area contributed by atoms with Gasteiger partial charge in [-0.05, 0) is 49.2 Å². The van der Waals surface area contributed by atoms with Gasteiger partial charge in [0.1, 0.15) is 5.92 Å². The molecule has 0 spiro atoms. The molecule has 1 aliphatic heterocycles. The van der Waals surface area contributed by atoms with Crippen LogP contribution in [0.3, 0.4) is 0 Å². The van der Waals surface area contributed by atoms with Crippen molar-refractivity contribution in [2.45, 2.75) is 19.3 Å². The van der Waals surface area contributed by atoms with Gasteiger partial charge in [0.2, 0.25) is 0 Å². The fourth-order valence-corrected chi connectivity index (χ4v) is 4.11. The number of nitrogens with one attached hydrogen (secondary N) is 1. The van der Waals surface area contributed by atoms with Crippen LogP contribution >= 0.6 is 0 Å². The molecule has 7 heteroatoms. The van der Waals surface area contributed by atoms with Crippen molar-refractivity contribution in [3.8, 4) is 0 Å². The second-order valence-corrected chi connectivity index (χ2v) is 7.44. The maximum atomic E-state index is 13.2. The molecule has 31 heavy (non-hydrogen) atoms. The van der Waals surface area contributed by atoms with Crippen LogP contribution in [-0.2, 0) is 20.7 Å². The highest BCUT2D eigenvalue weighted by molar-refractivity contribution is 5.97. The van der Waals surface area contributed by atoms with Gasteiger partial charge >= 0.3 is 11.9 Å². The number of para-hydroxylation sites is 1. The molecular formula is C24H24N2O5. The molecule has 7 nitrogen and oxygen atoms in total. The summed E-state index contributed by atoms with van der Waals surface area (Å²) in [7, 11) is 1.31. The third-order valence-electron chi connectivity index (χ3n) is 5.64. The summed E-state index contributed by atoms with van der Waals surface area (Å²) in [5.41, 5.74) is 3.66. The number of nitrogens with zero attached hydrogens (tertiary/aromatic N) is 1. The van der Waals surface area contributed by atoms with E-state index in [1.807, 2.05) is 24.3 Å². The maximum Gasteiger partial charge on any atom is 0.337 e. The number of fused-ring (bicyclic) bond motifs is 3. The third-order valence-corrected chi connectivity index (χ3v) is 5.64. The van der Waals surface area contributed by atoms with E-state index in [2.05, 4.69) is 4.98 Å². The van der Waals surface area contributed by atoms with Crippen molar-refractivity contribution in [2.75, 3.05) is 26.8 Å². The Kier molecular flexibility index (Phi) is 5.75. The van der Waals surface area contributed by atoms with Crippen LogP contribution in [0, 0.1) is 0 Å². The van der Waals surface area contributed by atoms with Crippen molar-refractivity contribution in [3.05, 3.63) is 70.9 Å². The van der Waals surface area contributed by atoms with Crippen LogP contribution in [0.1, 0.15) is 44.8 Å². The number of benzene rings is 2. The number of esters is 2. The first-order chi connectivity index (χ1) is 15.0. The molecule has 3 aromatic rings. The molecule has 1 atom stereocenters. The predicted octanol–water partition coefficient (Wildman–Crippen LogP) is 3.30. The molecule has 0 saturated carbocycles. The standard InChI is InChI=1S/C24H24N2O5/c1-3-31-24(29)19-14-26(22(27)15-8-10-16(11-9-15)23(28)30-2)13-12-18-17-6-4-5-7-20(17)25-21(18)19/h4-11,19,25H,3,12-14H2,1-2H3. The number of hydrogen-bond acceptors (Lipinski definition) is 5. The molecular weight excluding hydrogens is 396 g/mol. The molecule has 4 rings (SSSR count). The average molecular weight is 420 g/mol. The van der Waals surface area contributed by atoms with Gasteiger partial charge in [0.25, 0.3) is 5.91 Å². The number of aromatic amines is 1. The van der Waals surface area contributed by atoms with Gasteiger partial charge < -0.3 is 19.4 Å². The number of rotatable bonds is 4. The fraction of sp³-hybridized carbons (Fsp3) is 0.292. The zero-order valence-electron chi connectivity index (χ0n) is 17.5. The molecule has 0 bridgehead atoms. The van der Waals surface area contributed by atoms with Crippen LogP contribution in [-0.4, -0.2) is 54.5 Å². The van der Waals surface area contributed by atoms with Crippen molar-refractivity contribution in [1.29, 1.82) is 0 Å². The van der Waals surface area contributed by atoms with Gasteiger partial charge in [0.05, 0.1) is 19.3 Å². The van der Waals surface area contributed by atoms with E-state index in [0.717, 1.165) is 22.2 Å². The first kappa shape index (κ1) is 20.7. The lowest BCUT2D eigenvalue weighted by atomic mass is 10.00. The van der Waals surface area contributed by atoms with E-state index < -0.39 is 11.9 Å². The molecule has 160 valence electrons. The second-order valence-electron chi connectivity index (χ2n) is 7.44. The van der Waals surface area contributed by atoms with Crippen LogP contribution in [0.5, 0.6) is 0 Å². The van der Waals surface area contributed by atoms with Crippen LogP contribution in [0.2, 0.25) is 0 Å². The number of hydrogen-bond donors (Lipinski definition) is 1. The third kappa shape index (κ3) is 3.91. The molecule has 1 unspecified atom stereocenters. The second kappa shape index (κ2) is 8.63. The largest absolute Gasteiger partial charge is 0.465 e.